The zero-order chi connectivity index (χ0) is 11.1. The minimum Gasteiger partial charge on any atom is -0.463 e. The van der Waals surface area contributed by atoms with E-state index in [2.05, 4.69) is 10.1 Å². The Kier molecular flexibility index (Phi) is 4.89. The van der Waals surface area contributed by atoms with Gasteiger partial charge in [-0.05, 0) is 6.92 Å². The molecule has 0 aromatic carbocycles. The lowest BCUT2D eigenvalue weighted by molar-refractivity contribution is -0.137. The number of hydrogen-bond donors (Lipinski definition) is 0. The van der Waals surface area contributed by atoms with E-state index in [9.17, 15) is 4.79 Å². The van der Waals surface area contributed by atoms with Gasteiger partial charge in [0.05, 0.1) is 6.61 Å². The molecule has 0 spiro atoms. The summed E-state index contributed by atoms with van der Waals surface area (Å²) in [7, 11) is 1.82. The highest BCUT2D eigenvalue weighted by Crippen LogP contribution is 2.12. The molecule has 0 unspecified atom stereocenters. The minimum atomic E-state index is -0.309. The number of hydrogen-bond acceptors (Lipinski definition) is 5. The van der Waals surface area contributed by atoms with Crippen LogP contribution in [0.1, 0.15) is 6.92 Å². The van der Waals surface area contributed by atoms with E-state index >= 15 is 0 Å². The van der Waals surface area contributed by atoms with Crippen molar-refractivity contribution in [2.45, 2.75) is 12.1 Å². The van der Waals surface area contributed by atoms with Gasteiger partial charge in [-0.3, -0.25) is 0 Å². The van der Waals surface area contributed by atoms with E-state index < -0.39 is 0 Å². The van der Waals surface area contributed by atoms with Gasteiger partial charge in [-0.2, -0.15) is 5.10 Å². The summed E-state index contributed by atoms with van der Waals surface area (Å²) in [5.41, 5.74) is 0. The number of thioether (sulfide) groups is 1. The van der Waals surface area contributed by atoms with Crippen LogP contribution in [-0.2, 0) is 16.6 Å². The van der Waals surface area contributed by atoms with Crippen molar-refractivity contribution in [1.82, 2.24) is 14.8 Å². The zero-order valence-electron chi connectivity index (χ0n) is 8.71. The zero-order valence-corrected chi connectivity index (χ0v) is 9.53. The molecule has 6 heteroatoms. The van der Waals surface area contributed by atoms with Gasteiger partial charge in [0.1, 0.15) is 6.33 Å². The van der Waals surface area contributed by atoms with Gasteiger partial charge in [0, 0.05) is 18.9 Å². The number of ether oxygens (including phenoxy) is 1. The summed E-state index contributed by atoms with van der Waals surface area (Å²) >= 11 is 1.51. The Morgan fingerprint density at radius 3 is 3.13 bits per heavy atom. The Labute approximate surface area is 92.5 Å². The lowest BCUT2D eigenvalue weighted by atomic mass is 10.5. The van der Waals surface area contributed by atoms with Crippen molar-refractivity contribution < 1.29 is 9.53 Å². The van der Waals surface area contributed by atoms with Gasteiger partial charge in [-0.15, -0.1) is 0 Å². The fourth-order valence-electron chi connectivity index (χ4n) is 0.874. The molecule has 0 bridgehead atoms. The van der Waals surface area contributed by atoms with Gasteiger partial charge in [0.15, 0.2) is 5.16 Å². The Bertz CT molecular complexity index is 349. The summed E-state index contributed by atoms with van der Waals surface area (Å²) in [5, 5.41) is 4.75. The summed E-state index contributed by atoms with van der Waals surface area (Å²) < 4.78 is 6.42. The second-order valence-corrected chi connectivity index (χ2v) is 3.62. The summed E-state index contributed by atoms with van der Waals surface area (Å²) in [6.45, 7) is 2.18. The van der Waals surface area contributed by atoms with Crippen molar-refractivity contribution in [2.75, 3.05) is 12.4 Å². The van der Waals surface area contributed by atoms with Gasteiger partial charge in [0.2, 0.25) is 0 Å². The maximum Gasteiger partial charge on any atom is 0.330 e. The smallest absolute Gasteiger partial charge is 0.330 e. The van der Waals surface area contributed by atoms with Crippen molar-refractivity contribution in [1.29, 1.82) is 0 Å². The van der Waals surface area contributed by atoms with E-state index in [0.717, 1.165) is 5.16 Å². The molecular formula is C9H13N3O2S. The van der Waals surface area contributed by atoms with E-state index in [-0.39, 0.29) is 5.97 Å². The SMILES string of the molecule is CCOC(=O)/C=C/CSc1ncnn1C. The molecule has 0 aliphatic rings. The highest BCUT2D eigenvalue weighted by atomic mass is 32.2. The molecule has 0 N–H and O–H groups in total. The Morgan fingerprint density at radius 1 is 1.73 bits per heavy atom. The van der Waals surface area contributed by atoms with Gasteiger partial charge in [-0.25, -0.2) is 14.5 Å². The molecule has 0 aliphatic carbocycles. The second kappa shape index (κ2) is 6.23. The topological polar surface area (TPSA) is 57.0 Å². The highest BCUT2D eigenvalue weighted by Gasteiger charge is 1.99. The maximum absolute atomic E-state index is 10.9. The monoisotopic (exact) mass is 227 g/mol. The Balaban J connectivity index is 2.27. The molecule has 0 saturated carbocycles. The molecule has 5 nitrogen and oxygen atoms in total. The van der Waals surface area contributed by atoms with Crippen LogP contribution in [0.5, 0.6) is 0 Å². The predicted molar refractivity (Wildman–Crippen MR) is 57.5 cm³/mol. The van der Waals surface area contributed by atoms with E-state index in [0.29, 0.717) is 12.4 Å². The molecule has 0 fully saturated rings. The van der Waals surface area contributed by atoms with E-state index in [4.69, 9.17) is 4.74 Å². The van der Waals surface area contributed by atoms with Crippen molar-refractivity contribution in [3.05, 3.63) is 18.5 Å². The predicted octanol–water partition coefficient (Wildman–Crippen LogP) is 1.03. The van der Waals surface area contributed by atoms with Crippen LogP contribution in [-0.4, -0.2) is 33.1 Å². The van der Waals surface area contributed by atoms with Crippen LogP contribution in [0.15, 0.2) is 23.6 Å². The van der Waals surface area contributed by atoms with E-state index in [1.54, 1.807) is 17.7 Å². The molecule has 0 saturated heterocycles. The molecule has 1 aromatic rings. The number of aromatic nitrogens is 3. The lowest BCUT2D eigenvalue weighted by Crippen LogP contribution is -1.99. The summed E-state index contributed by atoms with van der Waals surface area (Å²) in [4.78, 5) is 15.0. The minimum absolute atomic E-state index is 0.309. The van der Waals surface area contributed by atoms with E-state index in [1.807, 2.05) is 7.05 Å². The number of carbonyl (C=O) groups excluding carboxylic acids is 1. The van der Waals surface area contributed by atoms with Crippen LogP contribution in [0.25, 0.3) is 0 Å². The first kappa shape index (κ1) is 11.8. The fourth-order valence-corrected chi connectivity index (χ4v) is 1.57. The number of nitrogens with zero attached hydrogens (tertiary/aromatic N) is 3. The Hall–Kier alpha value is -1.30. The first-order valence-electron chi connectivity index (χ1n) is 4.54. The molecule has 0 atom stereocenters. The standard InChI is InChI=1S/C9H13N3O2S/c1-3-14-8(13)5-4-6-15-9-10-7-11-12(9)2/h4-5,7H,3,6H2,1-2H3/b5-4+. The second-order valence-electron chi connectivity index (χ2n) is 2.63. The van der Waals surface area contributed by atoms with Gasteiger partial charge in [-0.1, -0.05) is 17.8 Å². The molecule has 1 rings (SSSR count). The van der Waals surface area contributed by atoms with Crippen LogP contribution in [0, 0.1) is 0 Å². The molecule has 82 valence electrons. The van der Waals surface area contributed by atoms with Crippen LogP contribution in [0.4, 0.5) is 0 Å². The molecule has 15 heavy (non-hydrogen) atoms. The van der Waals surface area contributed by atoms with Gasteiger partial charge in [0.25, 0.3) is 0 Å². The first-order chi connectivity index (χ1) is 7.24. The average molecular weight is 227 g/mol. The van der Waals surface area contributed by atoms with Crippen LogP contribution in [0.3, 0.4) is 0 Å². The third-order valence-corrected chi connectivity index (χ3v) is 2.51. The molecule has 1 heterocycles. The molecule has 0 aliphatic heterocycles. The molecule has 0 radical (unpaired) electrons. The number of rotatable bonds is 5. The quantitative estimate of drug-likeness (QED) is 0.427. The summed E-state index contributed by atoms with van der Waals surface area (Å²) in [6.07, 6.45) is 4.67. The Morgan fingerprint density at radius 2 is 2.53 bits per heavy atom. The van der Waals surface area contributed by atoms with Crippen molar-refractivity contribution in [3.63, 3.8) is 0 Å². The number of aryl methyl sites for hydroxylation is 1. The van der Waals surface area contributed by atoms with Crippen LogP contribution >= 0.6 is 11.8 Å². The number of carbonyl (C=O) groups is 1. The average Bonchev–Trinajstić information content (AvgIpc) is 2.60. The van der Waals surface area contributed by atoms with Crippen molar-refractivity contribution in [2.24, 2.45) is 7.05 Å². The van der Waals surface area contributed by atoms with Crippen LogP contribution in [0.2, 0.25) is 0 Å². The first-order valence-corrected chi connectivity index (χ1v) is 5.52. The fraction of sp³-hybridized carbons (Fsp3) is 0.444. The number of esters is 1. The van der Waals surface area contributed by atoms with Crippen molar-refractivity contribution >= 4 is 17.7 Å². The molecular weight excluding hydrogens is 214 g/mol. The van der Waals surface area contributed by atoms with E-state index in [1.165, 1.54) is 24.2 Å². The lowest BCUT2D eigenvalue weighted by Gasteiger charge is -1.96. The molecule has 0 amide bonds. The summed E-state index contributed by atoms with van der Waals surface area (Å²) in [6, 6.07) is 0. The summed E-state index contributed by atoms with van der Waals surface area (Å²) in [5.74, 6) is 0.363. The highest BCUT2D eigenvalue weighted by molar-refractivity contribution is 7.99. The van der Waals surface area contributed by atoms with Crippen molar-refractivity contribution in [3.8, 4) is 0 Å². The molecule has 1 aromatic heterocycles. The maximum atomic E-state index is 10.9. The van der Waals surface area contributed by atoms with Gasteiger partial charge < -0.3 is 4.74 Å². The normalized spacial score (nSPS) is 10.8. The third kappa shape index (κ3) is 4.16. The van der Waals surface area contributed by atoms with Gasteiger partial charge >= 0.3 is 5.97 Å². The van der Waals surface area contributed by atoms with Crippen LogP contribution < -0.4 is 0 Å². The third-order valence-electron chi connectivity index (χ3n) is 1.52. The largest absolute Gasteiger partial charge is 0.463 e.